The van der Waals surface area contributed by atoms with E-state index in [1.807, 2.05) is 0 Å². The Kier molecular flexibility index (Phi) is 6.46. The molecule has 2 atom stereocenters. The molecule has 27 heavy (non-hydrogen) atoms. The zero-order valence-electron chi connectivity index (χ0n) is 15.3. The molecular formula is C18H25FN2O5S. The Bertz CT molecular complexity index is 756. The number of carbonyl (C=O) groups is 1. The molecule has 2 aliphatic rings. The molecule has 1 aromatic rings. The summed E-state index contributed by atoms with van der Waals surface area (Å²) in [4.78, 5) is 12.0. The highest BCUT2D eigenvalue weighted by Gasteiger charge is 2.38. The molecule has 0 bridgehead atoms. The third-order valence-corrected chi connectivity index (χ3v) is 6.90. The molecule has 2 heterocycles. The van der Waals surface area contributed by atoms with Gasteiger partial charge in [-0.3, -0.25) is 4.79 Å². The number of benzene rings is 1. The monoisotopic (exact) mass is 400 g/mol. The number of piperidine rings is 1. The molecule has 3 rings (SSSR count). The second-order valence-corrected chi connectivity index (χ2v) is 8.65. The van der Waals surface area contributed by atoms with Crippen LogP contribution in [-0.4, -0.2) is 62.4 Å². The molecule has 0 radical (unpaired) electrons. The predicted octanol–water partition coefficient (Wildman–Crippen LogP) is 1.72. The Balaban J connectivity index is 1.70. The summed E-state index contributed by atoms with van der Waals surface area (Å²) in [5.74, 6) is -1.12. The van der Waals surface area contributed by atoms with Crippen molar-refractivity contribution in [1.29, 1.82) is 0 Å². The molecule has 7 nitrogen and oxygen atoms in total. The van der Waals surface area contributed by atoms with Crippen LogP contribution in [0.15, 0.2) is 24.3 Å². The highest BCUT2D eigenvalue weighted by atomic mass is 32.2. The van der Waals surface area contributed by atoms with Gasteiger partial charge in [0.2, 0.25) is 0 Å². The van der Waals surface area contributed by atoms with Crippen molar-refractivity contribution in [3.05, 3.63) is 35.6 Å². The molecule has 0 unspecified atom stereocenters. The minimum Gasteiger partial charge on any atom is -0.466 e. The minimum absolute atomic E-state index is 0.139. The van der Waals surface area contributed by atoms with Gasteiger partial charge >= 0.3 is 5.97 Å². The standard InChI is InChI=1S/C18H25FN2O5S/c1-2-25-18(22)15-4-3-9-20(12-15)27(23,24)21-10-11-26-17(13-21)14-5-7-16(19)8-6-14/h5-8,15,17H,2-4,9-13H2,1H3/t15-,17-/m0/s1. The zero-order valence-corrected chi connectivity index (χ0v) is 16.2. The number of hydrogen-bond donors (Lipinski definition) is 0. The molecule has 0 N–H and O–H groups in total. The largest absolute Gasteiger partial charge is 0.466 e. The highest BCUT2D eigenvalue weighted by molar-refractivity contribution is 7.86. The molecule has 2 saturated heterocycles. The SMILES string of the molecule is CCOC(=O)[C@H]1CCCN(S(=O)(=O)N2CCO[C@H](c3ccc(F)cc3)C2)C1. The van der Waals surface area contributed by atoms with Gasteiger partial charge in [-0.25, -0.2) is 4.39 Å². The van der Waals surface area contributed by atoms with Crippen molar-refractivity contribution in [1.82, 2.24) is 8.61 Å². The molecule has 0 aliphatic carbocycles. The molecular weight excluding hydrogens is 375 g/mol. The van der Waals surface area contributed by atoms with Crippen molar-refractivity contribution < 1.29 is 27.1 Å². The van der Waals surface area contributed by atoms with E-state index in [9.17, 15) is 17.6 Å². The predicted molar refractivity (Wildman–Crippen MR) is 96.5 cm³/mol. The number of rotatable bonds is 5. The van der Waals surface area contributed by atoms with E-state index < -0.39 is 22.2 Å². The van der Waals surface area contributed by atoms with E-state index in [-0.39, 0.29) is 44.6 Å². The number of carbonyl (C=O) groups excluding carboxylic acids is 1. The number of morpholine rings is 1. The lowest BCUT2D eigenvalue weighted by atomic mass is 10.0. The van der Waals surface area contributed by atoms with Crippen molar-refractivity contribution in [2.45, 2.75) is 25.9 Å². The Morgan fingerprint density at radius 3 is 2.63 bits per heavy atom. The van der Waals surface area contributed by atoms with E-state index in [1.54, 1.807) is 19.1 Å². The third-order valence-electron chi connectivity index (χ3n) is 4.93. The van der Waals surface area contributed by atoms with Gasteiger partial charge in [0.15, 0.2) is 0 Å². The fourth-order valence-electron chi connectivity index (χ4n) is 3.48. The van der Waals surface area contributed by atoms with Gasteiger partial charge in [-0.2, -0.15) is 17.0 Å². The number of ether oxygens (including phenoxy) is 2. The first-order valence-electron chi connectivity index (χ1n) is 9.20. The van der Waals surface area contributed by atoms with Crippen molar-refractivity contribution in [2.24, 2.45) is 5.92 Å². The first-order valence-corrected chi connectivity index (χ1v) is 10.6. The van der Waals surface area contributed by atoms with Crippen LogP contribution in [-0.2, 0) is 24.5 Å². The summed E-state index contributed by atoms with van der Waals surface area (Å²) in [6, 6.07) is 5.88. The Hall–Kier alpha value is -1.55. The third kappa shape index (κ3) is 4.66. The van der Waals surface area contributed by atoms with E-state index in [0.29, 0.717) is 19.4 Å². The minimum atomic E-state index is -3.71. The van der Waals surface area contributed by atoms with Crippen LogP contribution in [0.25, 0.3) is 0 Å². The van der Waals surface area contributed by atoms with Crippen LogP contribution in [0.2, 0.25) is 0 Å². The van der Waals surface area contributed by atoms with E-state index in [0.717, 1.165) is 5.56 Å². The maximum absolute atomic E-state index is 13.1. The van der Waals surface area contributed by atoms with Crippen LogP contribution >= 0.6 is 0 Å². The Morgan fingerprint density at radius 1 is 1.22 bits per heavy atom. The lowest BCUT2D eigenvalue weighted by molar-refractivity contribution is -0.149. The highest BCUT2D eigenvalue weighted by Crippen LogP contribution is 2.27. The van der Waals surface area contributed by atoms with E-state index in [1.165, 1.54) is 20.7 Å². The number of esters is 1. The van der Waals surface area contributed by atoms with Gasteiger partial charge in [0.1, 0.15) is 5.82 Å². The summed E-state index contributed by atoms with van der Waals surface area (Å²) in [5, 5.41) is 0. The van der Waals surface area contributed by atoms with Gasteiger partial charge in [-0.1, -0.05) is 12.1 Å². The van der Waals surface area contributed by atoms with Gasteiger partial charge < -0.3 is 9.47 Å². The smallest absolute Gasteiger partial charge is 0.310 e. The van der Waals surface area contributed by atoms with E-state index in [4.69, 9.17) is 9.47 Å². The molecule has 150 valence electrons. The van der Waals surface area contributed by atoms with E-state index in [2.05, 4.69) is 0 Å². The zero-order chi connectivity index (χ0) is 19.4. The number of hydrogen-bond acceptors (Lipinski definition) is 5. The van der Waals surface area contributed by atoms with Gasteiger partial charge in [-0.05, 0) is 37.5 Å². The second-order valence-electron chi connectivity index (χ2n) is 6.73. The molecule has 0 saturated carbocycles. The maximum Gasteiger partial charge on any atom is 0.310 e. The molecule has 0 spiro atoms. The summed E-state index contributed by atoms with van der Waals surface area (Å²) in [5.41, 5.74) is 0.736. The molecule has 2 fully saturated rings. The average molecular weight is 400 g/mol. The molecule has 0 aromatic heterocycles. The summed E-state index contributed by atoms with van der Waals surface area (Å²) in [7, 11) is -3.71. The first kappa shape index (κ1) is 20.2. The van der Waals surface area contributed by atoms with E-state index >= 15 is 0 Å². The number of halogens is 1. The van der Waals surface area contributed by atoms with Crippen molar-refractivity contribution in [3.8, 4) is 0 Å². The van der Waals surface area contributed by atoms with Crippen molar-refractivity contribution in [2.75, 3.05) is 39.4 Å². The lowest BCUT2D eigenvalue weighted by Gasteiger charge is -2.38. The van der Waals surface area contributed by atoms with Crippen LogP contribution in [0.4, 0.5) is 4.39 Å². The van der Waals surface area contributed by atoms with Crippen LogP contribution in [0, 0.1) is 11.7 Å². The van der Waals surface area contributed by atoms with Crippen LogP contribution in [0.1, 0.15) is 31.4 Å². The van der Waals surface area contributed by atoms with Crippen molar-refractivity contribution >= 4 is 16.2 Å². The summed E-state index contributed by atoms with van der Waals surface area (Å²) in [6.07, 6.45) is 0.806. The molecule has 1 aromatic carbocycles. The molecule has 9 heteroatoms. The van der Waals surface area contributed by atoms with Gasteiger partial charge in [0.05, 0.1) is 25.2 Å². The Labute approximate surface area is 159 Å². The van der Waals surface area contributed by atoms with Gasteiger partial charge in [-0.15, -0.1) is 0 Å². The first-order chi connectivity index (χ1) is 12.9. The second kappa shape index (κ2) is 8.64. The maximum atomic E-state index is 13.1. The average Bonchev–Trinajstić information content (AvgIpc) is 2.69. The van der Waals surface area contributed by atoms with Crippen LogP contribution in [0.5, 0.6) is 0 Å². The van der Waals surface area contributed by atoms with Crippen LogP contribution in [0.3, 0.4) is 0 Å². The summed E-state index contributed by atoms with van der Waals surface area (Å²) < 4.78 is 52.8. The summed E-state index contributed by atoms with van der Waals surface area (Å²) in [6.45, 7) is 3.21. The molecule has 0 amide bonds. The quantitative estimate of drug-likeness (QED) is 0.704. The number of nitrogens with zero attached hydrogens (tertiary/aromatic N) is 2. The lowest BCUT2D eigenvalue weighted by Crippen LogP contribution is -2.52. The fraction of sp³-hybridized carbons (Fsp3) is 0.611. The van der Waals surface area contributed by atoms with Gasteiger partial charge in [0, 0.05) is 26.2 Å². The van der Waals surface area contributed by atoms with Gasteiger partial charge in [0.25, 0.3) is 10.2 Å². The fourth-order valence-corrected chi connectivity index (χ4v) is 5.17. The topological polar surface area (TPSA) is 76.2 Å². The Morgan fingerprint density at radius 2 is 1.93 bits per heavy atom. The van der Waals surface area contributed by atoms with Crippen molar-refractivity contribution in [3.63, 3.8) is 0 Å². The molecule has 2 aliphatic heterocycles. The van der Waals surface area contributed by atoms with Crippen LogP contribution < -0.4 is 0 Å². The normalized spacial score (nSPS) is 25.3. The summed E-state index contributed by atoms with van der Waals surface area (Å²) >= 11 is 0.